The van der Waals surface area contributed by atoms with Gasteiger partial charge in [-0.2, -0.15) is 4.39 Å². The lowest BCUT2D eigenvalue weighted by atomic mass is 9.92. The van der Waals surface area contributed by atoms with Crippen molar-refractivity contribution in [1.82, 2.24) is 9.88 Å². The van der Waals surface area contributed by atoms with Crippen molar-refractivity contribution in [2.75, 3.05) is 13.1 Å². The number of hydrogen-bond acceptors (Lipinski definition) is 3. The van der Waals surface area contributed by atoms with Gasteiger partial charge in [0.15, 0.2) is 5.82 Å². The van der Waals surface area contributed by atoms with Crippen molar-refractivity contribution < 1.29 is 18.3 Å². The van der Waals surface area contributed by atoms with Crippen LogP contribution in [0.15, 0.2) is 12.3 Å². The molecular weight excluding hydrogens is 266 g/mol. The molecule has 2 aliphatic heterocycles. The van der Waals surface area contributed by atoms with Crippen LogP contribution in [-0.2, 0) is 4.74 Å². The third-order valence-electron chi connectivity index (χ3n) is 4.05. The van der Waals surface area contributed by atoms with Gasteiger partial charge >= 0.3 is 0 Å². The number of carbonyl (C=O) groups is 1. The summed E-state index contributed by atoms with van der Waals surface area (Å²) in [6.07, 6.45) is 2.79. The number of rotatable bonds is 1. The van der Waals surface area contributed by atoms with E-state index in [-0.39, 0.29) is 23.7 Å². The number of fused-ring (bicyclic) bond motifs is 1. The fourth-order valence-corrected chi connectivity index (χ4v) is 3.13. The molecule has 0 bridgehead atoms. The molecule has 20 heavy (non-hydrogen) atoms. The minimum Gasteiger partial charge on any atom is -0.375 e. The van der Waals surface area contributed by atoms with Crippen molar-refractivity contribution in [3.05, 3.63) is 29.6 Å². The molecule has 0 aliphatic carbocycles. The fourth-order valence-electron chi connectivity index (χ4n) is 3.13. The first-order valence-electron chi connectivity index (χ1n) is 6.80. The number of aromatic nitrogens is 1. The normalized spacial score (nSPS) is 29.4. The predicted octanol–water partition coefficient (Wildman–Crippen LogP) is 2.00. The summed E-state index contributed by atoms with van der Waals surface area (Å²) in [7, 11) is 0. The van der Waals surface area contributed by atoms with Crippen LogP contribution >= 0.6 is 0 Å². The van der Waals surface area contributed by atoms with E-state index >= 15 is 0 Å². The van der Waals surface area contributed by atoms with E-state index in [1.807, 2.05) is 6.92 Å². The lowest BCUT2D eigenvalue weighted by Gasteiger charge is -2.34. The first-order chi connectivity index (χ1) is 9.54. The van der Waals surface area contributed by atoms with Gasteiger partial charge in [0, 0.05) is 25.1 Å². The number of ether oxygens (including phenoxy) is 1. The second-order valence-corrected chi connectivity index (χ2v) is 5.51. The molecule has 3 heterocycles. The van der Waals surface area contributed by atoms with E-state index in [0.717, 1.165) is 25.1 Å². The van der Waals surface area contributed by atoms with Gasteiger partial charge in [-0.3, -0.25) is 4.79 Å². The van der Waals surface area contributed by atoms with Crippen LogP contribution in [-0.4, -0.2) is 41.1 Å². The summed E-state index contributed by atoms with van der Waals surface area (Å²) in [5.74, 6) is -1.81. The molecule has 0 saturated carbocycles. The maximum absolute atomic E-state index is 13.6. The molecular formula is C14H16F2N2O2. The van der Waals surface area contributed by atoms with Crippen LogP contribution in [0, 0.1) is 17.7 Å². The van der Waals surface area contributed by atoms with Crippen molar-refractivity contribution in [3.63, 3.8) is 0 Å². The minimum atomic E-state index is -0.845. The van der Waals surface area contributed by atoms with Crippen LogP contribution in [0.25, 0.3) is 0 Å². The predicted molar refractivity (Wildman–Crippen MR) is 67.1 cm³/mol. The molecule has 4 nitrogen and oxygen atoms in total. The first kappa shape index (κ1) is 13.4. The van der Waals surface area contributed by atoms with Gasteiger partial charge in [-0.25, -0.2) is 9.37 Å². The summed E-state index contributed by atoms with van der Waals surface area (Å²) in [4.78, 5) is 17.1. The van der Waals surface area contributed by atoms with E-state index < -0.39 is 17.7 Å². The molecule has 2 saturated heterocycles. The highest BCUT2D eigenvalue weighted by Gasteiger charge is 2.39. The van der Waals surface area contributed by atoms with Crippen LogP contribution in [0.4, 0.5) is 8.78 Å². The molecule has 2 aliphatic rings. The summed E-state index contributed by atoms with van der Waals surface area (Å²) in [6.45, 7) is 3.07. The molecule has 0 aromatic carbocycles. The van der Waals surface area contributed by atoms with E-state index in [1.165, 1.54) is 0 Å². The van der Waals surface area contributed by atoms with Crippen molar-refractivity contribution in [3.8, 4) is 0 Å². The molecule has 0 radical (unpaired) electrons. The highest BCUT2D eigenvalue weighted by Crippen LogP contribution is 2.33. The van der Waals surface area contributed by atoms with Gasteiger partial charge in [-0.05, 0) is 19.8 Å². The summed E-state index contributed by atoms with van der Waals surface area (Å²) in [6, 6.07) is 0.859. The molecule has 1 amide bonds. The Bertz CT molecular complexity index is 538. The lowest BCUT2D eigenvalue weighted by molar-refractivity contribution is 0.00852. The summed E-state index contributed by atoms with van der Waals surface area (Å²) in [5, 5.41) is 0. The molecule has 0 N–H and O–H groups in total. The Morgan fingerprint density at radius 3 is 3.10 bits per heavy atom. The first-order valence-corrected chi connectivity index (χ1v) is 6.80. The zero-order chi connectivity index (χ0) is 14.3. The molecule has 3 atom stereocenters. The number of amides is 1. The summed E-state index contributed by atoms with van der Waals surface area (Å²) >= 11 is 0. The van der Waals surface area contributed by atoms with Crippen LogP contribution in [0.2, 0.25) is 0 Å². The molecule has 6 heteroatoms. The van der Waals surface area contributed by atoms with E-state index in [1.54, 1.807) is 4.90 Å². The molecule has 1 aromatic heterocycles. The molecule has 0 unspecified atom stereocenters. The zero-order valence-corrected chi connectivity index (χ0v) is 11.2. The van der Waals surface area contributed by atoms with Gasteiger partial charge in [-0.15, -0.1) is 0 Å². The quantitative estimate of drug-likeness (QED) is 0.740. The molecule has 108 valence electrons. The largest absolute Gasteiger partial charge is 0.375 e. The van der Waals surface area contributed by atoms with Crippen LogP contribution in [0.1, 0.15) is 30.1 Å². The molecule has 3 rings (SSSR count). The van der Waals surface area contributed by atoms with E-state index in [9.17, 15) is 13.6 Å². The standard InChI is InChI=1S/C14H16F2N2O2/c1-8-4-9-7-18(3-2-12(9)20-8)14(19)10-5-13(16)17-6-11(10)15/h5-6,8-9,12H,2-4,7H2,1H3/t8-,9-,12-/m0/s1. The Morgan fingerprint density at radius 2 is 2.30 bits per heavy atom. The Labute approximate surface area is 115 Å². The number of pyridine rings is 1. The minimum absolute atomic E-state index is 0.188. The molecule has 0 spiro atoms. The van der Waals surface area contributed by atoms with Crippen molar-refractivity contribution in [2.45, 2.75) is 32.0 Å². The Hall–Kier alpha value is -1.56. The number of carbonyl (C=O) groups excluding carboxylic acids is 1. The Kier molecular flexibility index (Phi) is 3.41. The van der Waals surface area contributed by atoms with Gasteiger partial charge in [0.2, 0.25) is 5.95 Å². The van der Waals surface area contributed by atoms with E-state index in [4.69, 9.17) is 4.74 Å². The molecule has 1 aromatic rings. The van der Waals surface area contributed by atoms with Crippen LogP contribution in [0.3, 0.4) is 0 Å². The highest BCUT2D eigenvalue weighted by atomic mass is 19.1. The second kappa shape index (κ2) is 5.09. The monoisotopic (exact) mass is 282 g/mol. The Balaban J connectivity index is 1.76. The smallest absolute Gasteiger partial charge is 0.257 e. The van der Waals surface area contributed by atoms with Gasteiger partial charge < -0.3 is 9.64 Å². The number of piperidine rings is 1. The van der Waals surface area contributed by atoms with Gasteiger partial charge in [0.25, 0.3) is 5.91 Å². The Morgan fingerprint density at radius 1 is 1.50 bits per heavy atom. The van der Waals surface area contributed by atoms with E-state index in [2.05, 4.69) is 4.98 Å². The van der Waals surface area contributed by atoms with Gasteiger partial charge in [0.1, 0.15) is 0 Å². The SMILES string of the molecule is C[C@H]1C[C@H]2CN(C(=O)c3cc(F)ncc3F)CC[C@@H]2O1. The van der Waals surface area contributed by atoms with Crippen molar-refractivity contribution in [1.29, 1.82) is 0 Å². The highest BCUT2D eigenvalue weighted by molar-refractivity contribution is 5.94. The second-order valence-electron chi connectivity index (χ2n) is 5.51. The maximum atomic E-state index is 13.6. The van der Waals surface area contributed by atoms with Crippen LogP contribution < -0.4 is 0 Å². The number of halogens is 2. The van der Waals surface area contributed by atoms with Crippen molar-refractivity contribution >= 4 is 5.91 Å². The topological polar surface area (TPSA) is 42.4 Å². The van der Waals surface area contributed by atoms with E-state index in [0.29, 0.717) is 13.1 Å². The van der Waals surface area contributed by atoms with Crippen LogP contribution in [0.5, 0.6) is 0 Å². The fraction of sp³-hybridized carbons (Fsp3) is 0.571. The average Bonchev–Trinajstić information content (AvgIpc) is 2.79. The number of nitrogens with zero attached hydrogens (tertiary/aromatic N) is 2. The average molecular weight is 282 g/mol. The third kappa shape index (κ3) is 2.40. The third-order valence-corrected chi connectivity index (χ3v) is 4.05. The molecule has 2 fully saturated rings. The number of likely N-dealkylation sites (tertiary alicyclic amines) is 1. The zero-order valence-electron chi connectivity index (χ0n) is 11.2. The number of hydrogen-bond donors (Lipinski definition) is 0. The maximum Gasteiger partial charge on any atom is 0.257 e. The van der Waals surface area contributed by atoms with Gasteiger partial charge in [-0.1, -0.05) is 0 Å². The van der Waals surface area contributed by atoms with Crippen molar-refractivity contribution in [2.24, 2.45) is 5.92 Å². The summed E-state index contributed by atoms with van der Waals surface area (Å²) < 4.78 is 32.4. The van der Waals surface area contributed by atoms with Gasteiger partial charge in [0.05, 0.1) is 24.0 Å². The summed E-state index contributed by atoms with van der Waals surface area (Å²) in [5.41, 5.74) is -0.247. The lowest BCUT2D eigenvalue weighted by Crippen LogP contribution is -2.44.